The Morgan fingerprint density at radius 1 is 1.30 bits per heavy atom. The second-order valence-corrected chi connectivity index (χ2v) is 5.94. The molecule has 10 heavy (non-hydrogen) atoms. The van der Waals surface area contributed by atoms with Crippen LogP contribution in [0.25, 0.3) is 0 Å². The van der Waals surface area contributed by atoms with Gasteiger partial charge in [0.1, 0.15) is 0 Å². The van der Waals surface area contributed by atoms with Crippen molar-refractivity contribution in [3.8, 4) is 0 Å². The summed E-state index contributed by atoms with van der Waals surface area (Å²) in [6, 6.07) is 0. The Kier molecular flexibility index (Phi) is 2.15. The van der Waals surface area contributed by atoms with E-state index in [1.165, 1.54) is 11.1 Å². The zero-order chi connectivity index (χ0) is 7.72. The van der Waals surface area contributed by atoms with Gasteiger partial charge in [0.25, 0.3) is 0 Å². The molecule has 0 N–H and O–H groups in total. The summed E-state index contributed by atoms with van der Waals surface area (Å²) >= 11 is -1.92. The Hall–Kier alpha value is -0.292. The number of rotatable bonds is 0. The van der Waals surface area contributed by atoms with Gasteiger partial charge in [-0.25, -0.2) is 0 Å². The summed E-state index contributed by atoms with van der Waals surface area (Å²) < 4.78 is 12.3. The average Bonchev–Trinajstić information content (AvgIpc) is 1.93. The van der Waals surface area contributed by atoms with E-state index < -0.39 is 14.1 Å². The molecule has 1 nitrogen and oxygen atoms in total. The van der Waals surface area contributed by atoms with Crippen LogP contribution in [0, 0.1) is 0 Å². The van der Waals surface area contributed by atoms with E-state index in [0.29, 0.717) is 0 Å². The van der Waals surface area contributed by atoms with Gasteiger partial charge in [0.05, 0.1) is 0 Å². The minimum absolute atomic E-state index is 1.10. The van der Waals surface area contributed by atoms with Crippen LogP contribution in [0.2, 0.25) is 0 Å². The van der Waals surface area contributed by atoms with Crippen LogP contribution in [0.15, 0.2) is 22.1 Å². The standard InChI is InChI=1S/C8H11AsO/c1-6-4-5-9(10)8(3)7(6)2/h4-5H,1-3H3. The van der Waals surface area contributed by atoms with Crippen molar-refractivity contribution >= 4 is 18.5 Å². The molecule has 0 fully saturated rings. The SMILES string of the molecule is CC1=C(C)C(C)=[As](=O)C=C1. The van der Waals surface area contributed by atoms with E-state index in [-0.39, 0.29) is 0 Å². The molecule has 1 heterocycles. The van der Waals surface area contributed by atoms with Crippen molar-refractivity contribution in [2.45, 2.75) is 20.8 Å². The van der Waals surface area contributed by atoms with Gasteiger partial charge >= 0.3 is 65.0 Å². The van der Waals surface area contributed by atoms with E-state index in [0.717, 1.165) is 4.30 Å². The van der Waals surface area contributed by atoms with Gasteiger partial charge in [-0.2, -0.15) is 0 Å². The molecule has 0 aromatic rings. The predicted octanol–water partition coefficient (Wildman–Crippen LogP) is 1.63. The van der Waals surface area contributed by atoms with Crippen molar-refractivity contribution in [2.24, 2.45) is 0 Å². The summed E-state index contributed by atoms with van der Waals surface area (Å²) in [6.07, 6.45) is 1.97. The van der Waals surface area contributed by atoms with E-state index in [4.69, 9.17) is 0 Å². The Bertz CT molecular complexity index is 288. The quantitative estimate of drug-likeness (QED) is 0.540. The van der Waals surface area contributed by atoms with E-state index >= 15 is 0 Å². The normalized spacial score (nSPS) is 22.3. The van der Waals surface area contributed by atoms with Crippen LogP contribution in [0.3, 0.4) is 0 Å². The Balaban J connectivity index is 3.31. The van der Waals surface area contributed by atoms with Crippen molar-refractivity contribution in [1.29, 1.82) is 0 Å². The van der Waals surface area contributed by atoms with Crippen LogP contribution in [0.4, 0.5) is 0 Å². The molecule has 0 radical (unpaired) electrons. The van der Waals surface area contributed by atoms with Gasteiger partial charge < -0.3 is 0 Å². The van der Waals surface area contributed by atoms with Crippen LogP contribution in [-0.2, 0) is 3.74 Å². The molecule has 0 saturated heterocycles. The first-order chi connectivity index (χ1) is 4.63. The molecule has 1 rings (SSSR count). The molecular weight excluding hydrogens is 187 g/mol. The Morgan fingerprint density at radius 2 is 1.90 bits per heavy atom. The van der Waals surface area contributed by atoms with Crippen LogP contribution in [0.5, 0.6) is 0 Å². The first-order valence-corrected chi connectivity index (χ1v) is 6.07. The molecule has 0 bridgehead atoms. The van der Waals surface area contributed by atoms with E-state index in [1.54, 1.807) is 0 Å². The first kappa shape index (κ1) is 7.81. The van der Waals surface area contributed by atoms with Gasteiger partial charge in [-0.3, -0.25) is 0 Å². The Labute approximate surface area is 65.5 Å². The van der Waals surface area contributed by atoms with Gasteiger partial charge in [0.15, 0.2) is 0 Å². The predicted molar refractivity (Wildman–Crippen MR) is 44.6 cm³/mol. The molecule has 1 aliphatic heterocycles. The van der Waals surface area contributed by atoms with Crippen molar-refractivity contribution in [1.82, 2.24) is 0 Å². The fourth-order valence-electron chi connectivity index (χ4n) is 0.867. The van der Waals surface area contributed by atoms with Crippen LogP contribution in [0.1, 0.15) is 20.8 Å². The molecular formula is C8H11AsO. The third kappa shape index (κ3) is 1.24. The minimum atomic E-state index is -1.92. The molecule has 0 aliphatic carbocycles. The Morgan fingerprint density at radius 3 is 2.40 bits per heavy atom. The topological polar surface area (TPSA) is 17.1 Å². The summed E-state index contributed by atoms with van der Waals surface area (Å²) in [4.78, 5) is 1.85. The van der Waals surface area contributed by atoms with E-state index in [9.17, 15) is 3.74 Å². The molecule has 1 aliphatic rings. The summed E-state index contributed by atoms with van der Waals surface area (Å²) in [7, 11) is 0. The molecule has 2 heteroatoms. The van der Waals surface area contributed by atoms with Gasteiger partial charge in [-0.15, -0.1) is 0 Å². The van der Waals surface area contributed by atoms with Crippen LogP contribution in [-0.4, -0.2) is 18.5 Å². The van der Waals surface area contributed by atoms with Crippen molar-refractivity contribution in [2.75, 3.05) is 0 Å². The second-order valence-electron chi connectivity index (χ2n) is 2.53. The zero-order valence-electron chi connectivity index (χ0n) is 6.51. The molecule has 1 unspecified atom stereocenters. The number of hydrogen-bond acceptors (Lipinski definition) is 1. The third-order valence-electron chi connectivity index (χ3n) is 1.92. The molecule has 0 saturated carbocycles. The molecule has 1 atom stereocenters. The van der Waals surface area contributed by atoms with Gasteiger partial charge in [-0.1, -0.05) is 0 Å². The second kappa shape index (κ2) is 2.75. The van der Waals surface area contributed by atoms with Crippen molar-refractivity contribution < 1.29 is 3.74 Å². The summed E-state index contributed by atoms with van der Waals surface area (Å²) in [5.41, 5.74) is 2.47. The van der Waals surface area contributed by atoms with Gasteiger partial charge in [0, 0.05) is 0 Å². The molecule has 0 spiro atoms. The van der Waals surface area contributed by atoms with Gasteiger partial charge in [0.2, 0.25) is 0 Å². The van der Waals surface area contributed by atoms with Crippen LogP contribution < -0.4 is 0 Å². The number of allylic oxidation sites excluding steroid dienone is 3. The first-order valence-electron chi connectivity index (χ1n) is 3.29. The summed E-state index contributed by atoms with van der Waals surface area (Å²) in [6.45, 7) is 6.06. The summed E-state index contributed by atoms with van der Waals surface area (Å²) in [5.74, 6) is 0. The number of hydrogen-bond donors (Lipinski definition) is 0. The monoisotopic (exact) mass is 198 g/mol. The van der Waals surface area contributed by atoms with Crippen molar-refractivity contribution in [3.05, 3.63) is 22.1 Å². The van der Waals surface area contributed by atoms with E-state index in [1.807, 2.05) is 24.8 Å². The zero-order valence-corrected chi connectivity index (χ0v) is 8.39. The van der Waals surface area contributed by atoms with Crippen molar-refractivity contribution in [3.63, 3.8) is 0 Å². The molecule has 0 aromatic carbocycles. The summed E-state index contributed by atoms with van der Waals surface area (Å²) in [5, 5.41) is 0. The fraction of sp³-hybridized carbons (Fsp3) is 0.375. The third-order valence-corrected chi connectivity index (χ3v) is 4.90. The maximum atomic E-state index is 11.2. The van der Waals surface area contributed by atoms with Gasteiger partial charge in [-0.05, 0) is 0 Å². The average molecular weight is 198 g/mol. The van der Waals surface area contributed by atoms with Crippen LogP contribution >= 0.6 is 0 Å². The molecule has 0 aromatic heterocycles. The molecule has 54 valence electrons. The molecule has 0 amide bonds. The fourth-order valence-corrected chi connectivity index (χ4v) is 3.15. The maximum absolute atomic E-state index is 11.2. The van der Waals surface area contributed by atoms with E-state index in [2.05, 4.69) is 6.92 Å².